The molecule has 8 nitrogen and oxygen atoms in total. The molecule has 12 heteroatoms. The number of nitrogens with zero attached hydrogens (tertiary/aromatic N) is 1. The maximum absolute atomic E-state index is 13.0. The summed E-state index contributed by atoms with van der Waals surface area (Å²) in [6.45, 7) is 0. The van der Waals surface area contributed by atoms with Crippen LogP contribution in [-0.2, 0) is 33.9 Å². The van der Waals surface area contributed by atoms with Crippen molar-refractivity contribution < 1.29 is 45.4 Å². The van der Waals surface area contributed by atoms with Gasteiger partial charge in [0.2, 0.25) is 0 Å². The molecule has 25 heavy (non-hydrogen) atoms. The number of rotatable bonds is 3. The third-order valence-electron chi connectivity index (χ3n) is 4.30. The predicted octanol–water partition coefficient (Wildman–Crippen LogP) is 0.140. The van der Waals surface area contributed by atoms with Crippen LogP contribution in [-0.4, -0.2) is 62.3 Å². The van der Waals surface area contributed by atoms with Crippen LogP contribution in [0.4, 0.5) is 13.2 Å². The zero-order valence-corrected chi connectivity index (χ0v) is 13.9. The molecule has 0 radical (unpaired) electrons. The predicted molar refractivity (Wildman–Crippen MR) is 74.2 cm³/mol. The quantitative estimate of drug-likeness (QED) is 0.636. The van der Waals surface area contributed by atoms with Crippen molar-refractivity contribution in [3.63, 3.8) is 0 Å². The average molecular weight is 385 g/mol. The van der Waals surface area contributed by atoms with Crippen LogP contribution in [0, 0.1) is 5.41 Å². The molecule has 1 unspecified atom stereocenters. The minimum atomic E-state index is -6.14. The number of amides is 1. The second-order valence-electron chi connectivity index (χ2n) is 5.53. The van der Waals surface area contributed by atoms with E-state index in [-0.39, 0.29) is 6.42 Å². The number of alkyl halides is 3. The number of esters is 1. The van der Waals surface area contributed by atoms with Crippen molar-refractivity contribution in [2.45, 2.75) is 30.5 Å². The van der Waals surface area contributed by atoms with Crippen molar-refractivity contribution in [1.29, 1.82) is 0 Å². The first-order chi connectivity index (χ1) is 11.4. The van der Waals surface area contributed by atoms with Gasteiger partial charge < -0.3 is 9.47 Å². The second-order valence-corrected chi connectivity index (χ2v) is 7.34. The van der Waals surface area contributed by atoms with Crippen LogP contribution >= 0.6 is 0 Å². The van der Waals surface area contributed by atoms with Crippen molar-refractivity contribution in [2.24, 2.45) is 5.41 Å². The number of halogens is 3. The van der Waals surface area contributed by atoms with Gasteiger partial charge in [0.25, 0.3) is 5.91 Å². The molecule has 0 aromatic carbocycles. The van der Waals surface area contributed by atoms with Crippen molar-refractivity contribution in [3.05, 3.63) is 12.2 Å². The van der Waals surface area contributed by atoms with Gasteiger partial charge in [-0.3, -0.25) is 14.4 Å². The summed E-state index contributed by atoms with van der Waals surface area (Å²) in [5, 5.41) is 0. The van der Waals surface area contributed by atoms with Crippen LogP contribution in [0.2, 0.25) is 0 Å². The monoisotopic (exact) mass is 385 g/mol. The molecule has 3 atom stereocenters. The molecule has 0 N–H and O–H groups in total. The summed E-state index contributed by atoms with van der Waals surface area (Å²) >= 11 is 0. The van der Waals surface area contributed by atoms with Gasteiger partial charge in [-0.1, -0.05) is 6.08 Å². The Hall–Kier alpha value is -1.95. The van der Waals surface area contributed by atoms with Gasteiger partial charge in [0.1, 0.15) is 11.2 Å². The number of ketones is 1. The van der Waals surface area contributed by atoms with Gasteiger partial charge in [-0.05, 0) is 0 Å². The number of fused-ring (bicyclic) bond motifs is 1. The first-order valence-corrected chi connectivity index (χ1v) is 8.34. The van der Waals surface area contributed by atoms with Crippen LogP contribution in [0.1, 0.15) is 12.8 Å². The van der Waals surface area contributed by atoms with Gasteiger partial charge in [0.15, 0.2) is 0 Å². The normalized spacial score (nSPS) is 30.2. The summed E-state index contributed by atoms with van der Waals surface area (Å²) in [6.07, 6.45) is -0.907. The number of ether oxygens (including phenoxy) is 2. The van der Waals surface area contributed by atoms with Crippen LogP contribution < -0.4 is 0 Å². The van der Waals surface area contributed by atoms with Crippen molar-refractivity contribution in [1.82, 2.24) is 4.31 Å². The zero-order valence-electron chi connectivity index (χ0n) is 13.1. The molecule has 0 aromatic heterocycles. The molecule has 1 saturated carbocycles. The van der Waals surface area contributed by atoms with E-state index in [1.165, 1.54) is 0 Å². The lowest BCUT2D eigenvalue weighted by atomic mass is 9.66. The molecular weight excluding hydrogens is 371 g/mol. The molecule has 0 aromatic rings. The van der Waals surface area contributed by atoms with E-state index in [1.54, 1.807) is 0 Å². The van der Waals surface area contributed by atoms with E-state index in [1.807, 2.05) is 0 Å². The van der Waals surface area contributed by atoms with Crippen LogP contribution in [0.3, 0.4) is 0 Å². The van der Waals surface area contributed by atoms with Gasteiger partial charge in [-0.2, -0.15) is 21.6 Å². The number of Topliss-reactive ketones (excluding diaryl/α,β-unsaturated/α-hetero) is 1. The SMILES string of the molecule is COC(=O)[C@]12C=CC(=O)N(S(=O)(=O)C(F)(F)F)[C@H]1CC(=O)CC2OC. The zero-order chi connectivity index (χ0) is 19.2. The smallest absolute Gasteiger partial charge is 0.468 e. The largest absolute Gasteiger partial charge is 0.516 e. The van der Waals surface area contributed by atoms with E-state index >= 15 is 0 Å². The van der Waals surface area contributed by atoms with E-state index in [9.17, 15) is 36.0 Å². The molecule has 0 bridgehead atoms. The van der Waals surface area contributed by atoms with Gasteiger partial charge in [0.05, 0.1) is 19.3 Å². The van der Waals surface area contributed by atoms with Crippen LogP contribution in [0.5, 0.6) is 0 Å². The maximum atomic E-state index is 13.0. The van der Waals surface area contributed by atoms with Crippen molar-refractivity contribution >= 4 is 27.7 Å². The molecule has 2 aliphatic rings. The van der Waals surface area contributed by atoms with Gasteiger partial charge in [-0.15, -0.1) is 0 Å². The number of carbonyl (C=O) groups excluding carboxylic acids is 3. The number of hydrogen-bond acceptors (Lipinski definition) is 7. The fraction of sp³-hybridized carbons (Fsp3) is 0.615. The summed E-state index contributed by atoms with van der Waals surface area (Å²) in [5.74, 6) is -3.27. The molecule has 1 fully saturated rings. The molecular formula is C13H14F3NO7S. The molecule has 1 aliphatic heterocycles. The maximum Gasteiger partial charge on any atom is 0.516 e. The summed E-state index contributed by atoms with van der Waals surface area (Å²) in [5.41, 5.74) is -7.84. The first-order valence-electron chi connectivity index (χ1n) is 6.90. The molecule has 1 heterocycles. The van der Waals surface area contributed by atoms with E-state index in [0.29, 0.717) is 6.08 Å². The van der Waals surface area contributed by atoms with Gasteiger partial charge in [-0.25, -0.2) is 4.31 Å². The molecule has 0 spiro atoms. The molecule has 1 aliphatic carbocycles. The topological polar surface area (TPSA) is 107 Å². The summed E-state index contributed by atoms with van der Waals surface area (Å²) in [4.78, 5) is 36.2. The summed E-state index contributed by atoms with van der Waals surface area (Å²) < 4.78 is 71.9. The van der Waals surface area contributed by atoms with Crippen LogP contribution in [0.15, 0.2) is 12.2 Å². The van der Waals surface area contributed by atoms with E-state index in [0.717, 1.165) is 20.3 Å². The minimum Gasteiger partial charge on any atom is -0.468 e. The number of carbonyl (C=O) groups is 3. The third-order valence-corrected chi connectivity index (χ3v) is 5.83. The Balaban J connectivity index is 2.74. The fourth-order valence-electron chi connectivity index (χ4n) is 3.18. The lowest BCUT2D eigenvalue weighted by Gasteiger charge is -2.49. The Bertz CT molecular complexity index is 745. The highest BCUT2D eigenvalue weighted by molar-refractivity contribution is 7.90. The molecule has 1 amide bonds. The van der Waals surface area contributed by atoms with E-state index in [2.05, 4.69) is 4.74 Å². The molecule has 140 valence electrons. The van der Waals surface area contributed by atoms with Crippen LogP contribution in [0.25, 0.3) is 0 Å². The summed E-state index contributed by atoms with van der Waals surface area (Å²) in [6, 6.07) is -1.93. The minimum absolute atomic E-state index is 0.347. The van der Waals surface area contributed by atoms with E-state index in [4.69, 9.17) is 4.74 Å². The Morgan fingerprint density at radius 1 is 1.28 bits per heavy atom. The standard InChI is InChI=1S/C13H14F3NO7S/c1-23-9-6-7(18)5-8-12(9,11(20)24-2)4-3-10(19)17(8)25(21,22)13(14,15)16/h3-4,8-9H,5-6H2,1-2H3/t8-,9?,12+/m0/s1. The number of hydrogen-bond donors (Lipinski definition) is 0. The Labute approximate surface area is 140 Å². The Kier molecular flexibility index (Phi) is 4.72. The number of methoxy groups -OCH3 is 2. The second kappa shape index (κ2) is 6.09. The third kappa shape index (κ3) is 2.72. The molecule has 0 saturated heterocycles. The fourth-order valence-corrected chi connectivity index (χ4v) is 4.28. The van der Waals surface area contributed by atoms with Gasteiger partial charge >= 0.3 is 21.5 Å². The number of sulfonamides is 1. The summed E-state index contributed by atoms with van der Waals surface area (Å²) in [7, 11) is -4.08. The Morgan fingerprint density at radius 2 is 1.88 bits per heavy atom. The average Bonchev–Trinajstić information content (AvgIpc) is 2.51. The van der Waals surface area contributed by atoms with Gasteiger partial charge in [0, 0.05) is 26.0 Å². The highest BCUT2D eigenvalue weighted by Gasteiger charge is 2.65. The lowest BCUT2D eigenvalue weighted by Crippen LogP contribution is -2.66. The highest BCUT2D eigenvalue weighted by atomic mass is 32.2. The van der Waals surface area contributed by atoms with Crippen molar-refractivity contribution in [3.8, 4) is 0 Å². The lowest BCUT2D eigenvalue weighted by molar-refractivity contribution is -0.170. The highest BCUT2D eigenvalue weighted by Crippen LogP contribution is 2.47. The first kappa shape index (κ1) is 19.4. The van der Waals surface area contributed by atoms with E-state index < -0.39 is 61.5 Å². The Morgan fingerprint density at radius 3 is 2.36 bits per heavy atom. The van der Waals surface area contributed by atoms with Crippen molar-refractivity contribution in [2.75, 3.05) is 14.2 Å². The molecule has 2 rings (SSSR count).